The van der Waals surface area contributed by atoms with E-state index in [1.165, 1.54) is 11.3 Å². The van der Waals surface area contributed by atoms with Crippen molar-refractivity contribution in [2.45, 2.75) is 13.3 Å². The zero-order valence-electron chi connectivity index (χ0n) is 12.9. The summed E-state index contributed by atoms with van der Waals surface area (Å²) in [4.78, 5) is 40.2. The number of carbonyl (C=O) groups excluding carboxylic acids is 2. The maximum absolute atomic E-state index is 12.2. The number of aromatic nitrogens is 1. The third-order valence-electron chi connectivity index (χ3n) is 3.33. The molecule has 0 bridgehead atoms. The number of amides is 2. The second-order valence-electron chi connectivity index (χ2n) is 4.97. The lowest BCUT2D eigenvalue weighted by Gasteiger charge is -2.34. The van der Waals surface area contributed by atoms with Gasteiger partial charge in [-0.05, 0) is 6.92 Å². The van der Waals surface area contributed by atoms with E-state index >= 15 is 0 Å². The molecule has 1 aromatic rings. The van der Waals surface area contributed by atoms with Gasteiger partial charge in [0.1, 0.15) is 0 Å². The third kappa shape index (κ3) is 6.20. The molecule has 9 nitrogen and oxygen atoms in total. The number of anilines is 1. The molecule has 1 saturated heterocycles. The summed E-state index contributed by atoms with van der Waals surface area (Å²) in [6.07, 6.45) is 0.344. The van der Waals surface area contributed by atoms with E-state index in [9.17, 15) is 9.59 Å². The Labute approximate surface area is 137 Å². The number of nitrogen functional groups attached to an aromatic ring is 1. The zero-order chi connectivity index (χ0) is 17.4. The number of nitrogens with zero attached hydrogens (tertiary/aromatic N) is 3. The fraction of sp³-hybridized carbons (Fsp3) is 0.538. The molecule has 0 atom stereocenters. The lowest BCUT2D eigenvalue weighted by molar-refractivity contribution is -0.132. The Bertz CT molecular complexity index is 555. The van der Waals surface area contributed by atoms with Crippen LogP contribution in [0.3, 0.4) is 0 Å². The SMILES string of the molecule is Cc1nc(N)sc1CC(=O)N1CCN(CC(N)=O)CC1.O=CO. The minimum absolute atomic E-state index is 0.0791. The highest BCUT2D eigenvalue weighted by atomic mass is 32.1. The first-order valence-corrected chi connectivity index (χ1v) is 7.77. The van der Waals surface area contributed by atoms with E-state index in [1.807, 2.05) is 16.7 Å². The van der Waals surface area contributed by atoms with Crippen LogP contribution in [0.5, 0.6) is 0 Å². The highest BCUT2D eigenvalue weighted by molar-refractivity contribution is 7.15. The molecule has 23 heavy (non-hydrogen) atoms. The van der Waals surface area contributed by atoms with Gasteiger partial charge in [0, 0.05) is 31.1 Å². The molecule has 0 unspecified atom stereocenters. The molecule has 0 saturated carbocycles. The van der Waals surface area contributed by atoms with E-state index in [2.05, 4.69) is 4.98 Å². The summed E-state index contributed by atoms with van der Waals surface area (Å²) < 4.78 is 0. The minimum Gasteiger partial charge on any atom is -0.483 e. The molecule has 2 rings (SSSR count). The standard InChI is InChI=1S/C12H19N5O2S.CH2O2/c1-8-9(20-12(14)15-8)6-11(19)17-4-2-16(3-5-17)7-10(13)18;2-1-3/h2-7H2,1H3,(H2,13,18)(H2,14,15);1H,(H,2,3). The fourth-order valence-corrected chi connectivity index (χ4v) is 3.06. The van der Waals surface area contributed by atoms with Crippen LogP contribution >= 0.6 is 11.3 Å². The van der Waals surface area contributed by atoms with Gasteiger partial charge in [0.05, 0.1) is 18.7 Å². The number of thiazole rings is 1. The van der Waals surface area contributed by atoms with E-state index in [-0.39, 0.29) is 24.8 Å². The average molecular weight is 343 g/mol. The van der Waals surface area contributed by atoms with Crippen LogP contribution in [-0.4, -0.2) is 70.9 Å². The monoisotopic (exact) mass is 343 g/mol. The summed E-state index contributed by atoms with van der Waals surface area (Å²) in [5.74, 6) is -0.254. The van der Waals surface area contributed by atoms with Crippen LogP contribution in [0.4, 0.5) is 5.13 Å². The number of hydrogen-bond acceptors (Lipinski definition) is 7. The number of carboxylic acid groups (broad SMARTS) is 1. The molecule has 2 amide bonds. The number of piperazine rings is 1. The maximum atomic E-state index is 12.2. The molecule has 1 aliphatic rings. The van der Waals surface area contributed by atoms with Crippen LogP contribution in [0.15, 0.2) is 0 Å². The molecule has 5 N–H and O–H groups in total. The quantitative estimate of drug-likeness (QED) is 0.589. The molecule has 10 heteroatoms. The Morgan fingerprint density at radius 3 is 2.35 bits per heavy atom. The zero-order valence-corrected chi connectivity index (χ0v) is 13.7. The Morgan fingerprint density at radius 1 is 1.35 bits per heavy atom. The predicted molar refractivity (Wildman–Crippen MR) is 85.9 cm³/mol. The van der Waals surface area contributed by atoms with Crippen molar-refractivity contribution >= 4 is 34.8 Å². The summed E-state index contributed by atoms with van der Waals surface area (Å²) in [5, 5.41) is 7.39. The number of aryl methyl sites for hydroxylation is 1. The summed E-state index contributed by atoms with van der Waals surface area (Å²) in [7, 11) is 0. The molecule has 2 heterocycles. The molecule has 0 spiro atoms. The summed E-state index contributed by atoms with van der Waals surface area (Å²) in [5.41, 5.74) is 11.6. The van der Waals surface area contributed by atoms with Crippen LogP contribution in [0, 0.1) is 6.92 Å². The van der Waals surface area contributed by atoms with Crippen molar-refractivity contribution in [3.05, 3.63) is 10.6 Å². The number of primary amides is 1. The van der Waals surface area contributed by atoms with Gasteiger partial charge in [0.2, 0.25) is 11.8 Å². The first-order chi connectivity index (χ1) is 10.9. The van der Waals surface area contributed by atoms with Crippen LogP contribution in [-0.2, 0) is 20.8 Å². The second-order valence-corrected chi connectivity index (χ2v) is 6.08. The topological polar surface area (TPSA) is 143 Å². The van der Waals surface area contributed by atoms with Gasteiger partial charge in [-0.15, -0.1) is 11.3 Å². The maximum Gasteiger partial charge on any atom is 0.290 e. The van der Waals surface area contributed by atoms with Crippen molar-refractivity contribution in [1.82, 2.24) is 14.8 Å². The summed E-state index contributed by atoms with van der Waals surface area (Å²) in [6, 6.07) is 0. The van der Waals surface area contributed by atoms with Gasteiger partial charge in [0.15, 0.2) is 5.13 Å². The van der Waals surface area contributed by atoms with E-state index in [0.29, 0.717) is 37.7 Å². The molecular formula is C13H21N5O4S. The third-order valence-corrected chi connectivity index (χ3v) is 4.31. The van der Waals surface area contributed by atoms with E-state index in [0.717, 1.165) is 10.6 Å². The Balaban J connectivity index is 0.000000816. The van der Waals surface area contributed by atoms with Gasteiger partial charge in [-0.2, -0.15) is 0 Å². The van der Waals surface area contributed by atoms with Crippen LogP contribution in [0.25, 0.3) is 0 Å². The van der Waals surface area contributed by atoms with Gasteiger partial charge in [-0.1, -0.05) is 0 Å². The molecule has 0 aliphatic carbocycles. The molecular weight excluding hydrogens is 322 g/mol. The number of hydrogen-bond donors (Lipinski definition) is 3. The molecule has 0 aromatic carbocycles. The summed E-state index contributed by atoms with van der Waals surface area (Å²) >= 11 is 1.36. The lowest BCUT2D eigenvalue weighted by atomic mass is 10.2. The Kier molecular flexibility index (Phi) is 7.42. The summed E-state index contributed by atoms with van der Waals surface area (Å²) in [6.45, 7) is 4.47. The highest BCUT2D eigenvalue weighted by Crippen LogP contribution is 2.21. The molecule has 1 aromatic heterocycles. The van der Waals surface area contributed by atoms with Crippen LogP contribution in [0.2, 0.25) is 0 Å². The molecule has 128 valence electrons. The minimum atomic E-state index is -0.333. The average Bonchev–Trinajstić information content (AvgIpc) is 2.77. The van der Waals surface area contributed by atoms with E-state index in [4.69, 9.17) is 21.4 Å². The van der Waals surface area contributed by atoms with Crippen molar-refractivity contribution in [1.29, 1.82) is 0 Å². The molecule has 1 fully saturated rings. The van der Waals surface area contributed by atoms with Gasteiger partial charge >= 0.3 is 0 Å². The number of nitrogens with two attached hydrogens (primary N) is 2. The van der Waals surface area contributed by atoms with Gasteiger partial charge in [0.25, 0.3) is 6.47 Å². The van der Waals surface area contributed by atoms with Crippen molar-refractivity contribution in [3.8, 4) is 0 Å². The normalized spacial score (nSPS) is 14.7. The van der Waals surface area contributed by atoms with Gasteiger partial charge < -0.3 is 21.5 Å². The first-order valence-electron chi connectivity index (χ1n) is 6.95. The largest absolute Gasteiger partial charge is 0.483 e. The van der Waals surface area contributed by atoms with Crippen molar-refractivity contribution in [3.63, 3.8) is 0 Å². The Morgan fingerprint density at radius 2 is 1.91 bits per heavy atom. The van der Waals surface area contributed by atoms with Crippen LogP contribution in [0.1, 0.15) is 10.6 Å². The van der Waals surface area contributed by atoms with Gasteiger partial charge in [-0.25, -0.2) is 4.98 Å². The Hall–Kier alpha value is -2.20. The van der Waals surface area contributed by atoms with E-state index in [1.54, 1.807) is 0 Å². The smallest absolute Gasteiger partial charge is 0.290 e. The molecule has 0 radical (unpaired) electrons. The van der Waals surface area contributed by atoms with Crippen LogP contribution < -0.4 is 11.5 Å². The fourth-order valence-electron chi connectivity index (χ4n) is 2.24. The van der Waals surface area contributed by atoms with E-state index < -0.39 is 0 Å². The first kappa shape index (κ1) is 18.8. The molecule has 1 aliphatic heterocycles. The van der Waals surface area contributed by atoms with Crippen molar-refractivity contribution in [2.75, 3.05) is 38.5 Å². The van der Waals surface area contributed by atoms with Gasteiger partial charge in [-0.3, -0.25) is 19.3 Å². The lowest BCUT2D eigenvalue weighted by Crippen LogP contribution is -2.50. The number of carbonyl (C=O) groups is 3. The predicted octanol–water partition coefficient (Wildman–Crippen LogP) is -1.09. The second kappa shape index (κ2) is 9.06. The van der Waals surface area contributed by atoms with Crippen molar-refractivity contribution < 1.29 is 19.5 Å². The highest BCUT2D eigenvalue weighted by Gasteiger charge is 2.23. The van der Waals surface area contributed by atoms with Crippen molar-refractivity contribution in [2.24, 2.45) is 5.73 Å². The number of rotatable bonds is 4.